The molecule has 0 unspecified atom stereocenters. The van der Waals surface area contributed by atoms with E-state index in [9.17, 15) is 4.79 Å². The molecule has 4 rings (SSSR count). The van der Waals surface area contributed by atoms with Crippen LogP contribution in [0.4, 0.5) is 0 Å². The third-order valence-electron chi connectivity index (χ3n) is 5.21. The van der Waals surface area contributed by atoms with E-state index < -0.39 is 0 Å². The molecule has 0 aliphatic heterocycles. The Bertz CT molecular complexity index is 1150. The van der Waals surface area contributed by atoms with Gasteiger partial charge in [-0.15, -0.1) is 0 Å². The van der Waals surface area contributed by atoms with Crippen molar-refractivity contribution in [3.63, 3.8) is 0 Å². The zero-order chi connectivity index (χ0) is 21.5. The average molecular weight is 414 g/mol. The van der Waals surface area contributed by atoms with Crippen LogP contribution in [-0.2, 0) is 13.1 Å². The molecule has 0 aliphatic carbocycles. The van der Waals surface area contributed by atoms with Crippen LogP contribution in [0.15, 0.2) is 78.9 Å². The van der Waals surface area contributed by atoms with Crippen LogP contribution < -0.4 is 10.1 Å². The monoisotopic (exact) mass is 413 g/mol. The van der Waals surface area contributed by atoms with E-state index in [1.54, 1.807) is 0 Å². The summed E-state index contributed by atoms with van der Waals surface area (Å²) >= 11 is 0. The first kappa shape index (κ1) is 20.7. The number of para-hydroxylation sites is 3. The minimum Gasteiger partial charge on any atom is -0.494 e. The molecule has 31 heavy (non-hydrogen) atoms. The molecule has 0 atom stereocenters. The van der Waals surface area contributed by atoms with Crippen molar-refractivity contribution in [1.29, 1.82) is 0 Å². The van der Waals surface area contributed by atoms with Crippen LogP contribution in [0.5, 0.6) is 5.75 Å². The lowest BCUT2D eigenvalue weighted by Gasteiger charge is -2.11. The molecule has 0 saturated carbocycles. The second-order valence-corrected chi connectivity index (χ2v) is 7.59. The normalized spacial score (nSPS) is 10.9. The highest BCUT2D eigenvalue weighted by atomic mass is 16.5. The molecule has 5 heteroatoms. The number of aryl methyl sites for hydroxylation is 2. The van der Waals surface area contributed by atoms with Gasteiger partial charge in [-0.05, 0) is 56.2 Å². The first-order chi connectivity index (χ1) is 15.2. The molecule has 0 bridgehead atoms. The van der Waals surface area contributed by atoms with Gasteiger partial charge in [0.2, 0.25) is 0 Å². The van der Waals surface area contributed by atoms with Gasteiger partial charge < -0.3 is 14.6 Å². The smallest absolute Gasteiger partial charge is 0.251 e. The van der Waals surface area contributed by atoms with Crippen LogP contribution in [0, 0.1) is 6.92 Å². The van der Waals surface area contributed by atoms with Crippen molar-refractivity contribution in [2.24, 2.45) is 0 Å². The lowest BCUT2D eigenvalue weighted by Crippen LogP contribution is -2.25. The van der Waals surface area contributed by atoms with Crippen molar-refractivity contribution in [2.75, 3.05) is 6.61 Å². The van der Waals surface area contributed by atoms with E-state index in [0.717, 1.165) is 47.6 Å². The van der Waals surface area contributed by atoms with E-state index in [2.05, 4.69) is 16.0 Å². The van der Waals surface area contributed by atoms with Gasteiger partial charge in [0, 0.05) is 12.1 Å². The molecule has 0 spiro atoms. The molecule has 4 aromatic rings. The summed E-state index contributed by atoms with van der Waals surface area (Å²) in [5.41, 5.74) is 3.77. The van der Waals surface area contributed by atoms with E-state index in [1.165, 1.54) is 0 Å². The van der Waals surface area contributed by atoms with Crippen LogP contribution in [0.25, 0.3) is 11.0 Å². The largest absolute Gasteiger partial charge is 0.494 e. The molecule has 1 N–H and O–H groups in total. The lowest BCUT2D eigenvalue weighted by atomic mass is 10.1. The predicted molar refractivity (Wildman–Crippen MR) is 123 cm³/mol. The molecule has 1 aromatic heterocycles. The standard InChI is InChI=1S/C26H27N3O2/c1-20-10-9-11-21(18-20)26(30)27-19-25-28-23-14-5-6-15-24(23)29(25)16-7-8-17-31-22-12-3-2-4-13-22/h2-6,9-15,18H,7-8,16-17,19H2,1H3,(H,27,30). The summed E-state index contributed by atoms with van der Waals surface area (Å²) < 4.78 is 8.00. The lowest BCUT2D eigenvalue weighted by molar-refractivity contribution is 0.0949. The Morgan fingerprint density at radius 1 is 0.968 bits per heavy atom. The van der Waals surface area contributed by atoms with Crippen LogP contribution >= 0.6 is 0 Å². The highest BCUT2D eigenvalue weighted by Gasteiger charge is 2.12. The number of carbonyl (C=O) groups is 1. The summed E-state index contributed by atoms with van der Waals surface area (Å²) in [6.45, 7) is 3.88. The van der Waals surface area contributed by atoms with Crippen LogP contribution in [0.2, 0.25) is 0 Å². The second-order valence-electron chi connectivity index (χ2n) is 7.59. The van der Waals surface area contributed by atoms with Crippen LogP contribution in [-0.4, -0.2) is 22.1 Å². The summed E-state index contributed by atoms with van der Waals surface area (Å²) in [6, 6.07) is 25.6. The fourth-order valence-corrected chi connectivity index (χ4v) is 3.64. The number of carbonyl (C=O) groups excluding carboxylic acids is 1. The number of benzene rings is 3. The second kappa shape index (κ2) is 9.94. The van der Waals surface area contributed by atoms with Crippen molar-refractivity contribution in [1.82, 2.24) is 14.9 Å². The van der Waals surface area contributed by atoms with E-state index >= 15 is 0 Å². The highest BCUT2D eigenvalue weighted by molar-refractivity contribution is 5.94. The summed E-state index contributed by atoms with van der Waals surface area (Å²) in [5, 5.41) is 3.02. The van der Waals surface area contributed by atoms with Crippen molar-refractivity contribution in [3.05, 3.63) is 95.8 Å². The average Bonchev–Trinajstić information content (AvgIpc) is 3.15. The Morgan fingerprint density at radius 2 is 1.77 bits per heavy atom. The highest BCUT2D eigenvalue weighted by Crippen LogP contribution is 2.17. The summed E-state index contributed by atoms with van der Waals surface area (Å²) in [5.74, 6) is 1.68. The summed E-state index contributed by atoms with van der Waals surface area (Å²) in [4.78, 5) is 17.3. The molecule has 5 nitrogen and oxygen atoms in total. The van der Waals surface area contributed by atoms with E-state index in [0.29, 0.717) is 18.7 Å². The number of nitrogens with one attached hydrogen (secondary N) is 1. The minimum atomic E-state index is -0.0847. The third kappa shape index (κ3) is 5.31. The van der Waals surface area contributed by atoms with Gasteiger partial charge in [0.15, 0.2) is 0 Å². The van der Waals surface area contributed by atoms with E-state index in [-0.39, 0.29) is 5.91 Å². The maximum atomic E-state index is 12.6. The van der Waals surface area contributed by atoms with Crippen molar-refractivity contribution in [2.45, 2.75) is 32.9 Å². The molecular formula is C26H27N3O2. The molecule has 0 fully saturated rings. The number of nitrogens with zero attached hydrogens (tertiary/aromatic N) is 2. The maximum absolute atomic E-state index is 12.6. The Labute approximate surface area is 182 Å². The first-order valence-electron chi connectivity index (χ1n) is 10.7. The van der Waals surface area contributed by atoms with E-state index in [4.69, 9.17) is 9.72 Å². The number of hydrogen-bond acceptors (Lipinski definition) is 3. The molecule has 0 radical (unpaired) electrons. The van der Waals surface area contributed by atoms with Gasteiger partial charge in [-0.25, -0.2) is 4.98 Å². The quantitative estimate of drug-likeness (QED) is 0.387. The van der Waals surface area contributed by atoms with E-state index in [1.807, 2.05) is 79.7 Å². The van der Waals surface area contributed by atoms with Crippen molar-refractivity contribution < 1.29 is 9.53 Å². The predicted octanol–water partition coefficient (Wildman–Crippen LogP) is 5.13. The number of hydrogen-bond donors (Lipinski definition) is 1. The number of rotatable bonds is 9. The molecule has 3 aromatic carbocycles. The van der Waals surface area contributed by atoms with Gasteiger partial charge in [0.1, 0.15) is 11.6 Å². The Kier molecular flexibility index (Phi) is 6.62. The zero-order valence-electron chi connectivity index (χ0n) is 17.8. The summed E-state index contributed by atoms with van der Waals surface area (Å²) in [6.07, 6.45) is 1.91. The van der Waals surface area contributed by atoms with Gasteiger partial charge >= 0.3 is 0 Å². The Morgan fingerprint density at radius 3 is 2.61 bits per heavy atom. The number of unbranched alkanes of at least 4 members (excludes halogenated alkanes) is 1. The zero-order valence-corrected chi connectivity index (χ0v) is 17.8. The number of imidazole rings is 1. The molecular weight excluding hydrogens is 386 g/mol. The first-order valence-corrected chi connectivity index (χ1v) is 10.7. The molecule has 1 heterocycles. The SMILES string of the molecule is Cc1cccc(C(=O)NCc2nc3ccccc3n2CCCCOc2ccccc2)c1. The van der Waals surface area contributed by atoms with Crippen molar-refractivity contribution in [3.8, 4) is 5.75 Å². The molecule has 158 valence electrons. The third-order valence-corrected chi connectivity index (χ3v) is 5.21. The number of ether oxygens (including phenoxy) is 1. The van der Waals surface area contributed by atoms with Gasteiger partial charge in [-0.2, -0.15) is 0 Å². The minimum absolute atomic E-state index is 0.0847. The number of amides is 1. The molecule has 1 amide bonds. The van der Waals surface area contributed by atoms with Gasteiger partial charge in [-0.3, -0.25) is 4.79 Å². The Hall–Kier alpha value is -3.60. The maximum Gasteiger partial charge on any atom is 0.251 e. The van der Waals surface area contributed by atoms with Gasteiger partial charge in [0.25, 0.3) is 5.91 Å². The fraction of sp³-hybridized carbons (Fsp3) is 0.231. The molecule has 0 aliphatic rings. The fourth-order valence-electron chi connectivity index (χ4n) is 3.64. The van der Waals surface area contributed by atoms with Crippen molar-refractivity contribution >= 4 is 16.9 Å². The molecule has 0 saturated heterocycles. The summed E-state index contributed by atoms with van der Waals surface area (Å²) in [7, 11) is 0. The number of aromatic nitrogens is 2. The topological polar surface area (TPSA) is 56.2 Å². The van der Waals surface area contributed by atoms with Gasteiger partial charge in [0.05, 0.1) is 24.2 Å². The number of fused-ring (bicyclic) bond motifs is 1. The Balaban J connectivity index is 1.39. The van der Waals surface area contributed by atoms with Crippen LogP contribution in [0.3, 0.4) is 0 Å². The van der Waals surface area contributed by atoms with Crippen LogP contribution in [0.1, 0.15) is 34.6 Å². The van der Waals surface area contributed by atoms with Gasteiger partial charge in [-0.1, -0.05) is 48.0 Å².